The van der Waals surface area contributed by atoms with Crippen molar-refractivity contribution in [2.75, 3.05) is 11.1 Å². The van der Waals surface area contributed by atoms with Crippen LogP contribution in [0, 0.1) is 11.6 Å². The minimum absolute atomic E-state index is 0.0799. The van der Waals surface area contributed by atoms with E-state index < -0.39 is 11.6 Å². The fourth-order valence-electron chi connectivity index (χ4n) is 1.50. The molecule has 1 aromatic carbocycles. The summed E-state index contributed by atoms with van der Waals surface area (Å²) in [5.74, 6) is -1.41. The van der Waals surface area contributed by atoms with Gasteiger partial charge in [0.15, 0.2) is 5.82 Å². The summed E-state index contributed by atoms with van der Waals surface area (Å²) in [4.78, 5) is 5.38. The van der Waals surface area contributed by atoms with E-state index in [0.717, 1.165) is 17.5 Å². The maximum Gasteiger partial charge on any atom is 0.151 e. The van der Waals surface area contributed by atoms with E-state index in [4.69, 9.17) is 5.73 Å². The molecule has 0 bridgehead atoms. The van der Waals surface area contributed by atoms with Crippen LogP contribution in [0.5, 0.6) is 0 Å². The first-order valence-corrected chi connectivity index (χ1v) is 6.33. The Morgan fingerprint density at radius 1 is 1.39 bits per heavy atom. The van der Waals surface area contributed by atoms with Crippen molar-refractivity contribution in [3.63, 3.8) is 0 Å². The Labute approximate surface area is 108 Å². The molecule has 1 heterocycles. The van der Waals surface area contributed by atoms with Crippen LogP contribution in [0.25, 0.3) is 0 Å². The van der Waals surface area contributed by atoms with Crippen LogP contribution in [0.3, 0.4) is 0 Å². The van der Waals surface area contributed by atoms with Gasteiger partial charge in [0.25, 0.3) is 0 Å². The lowest BCUT2D eigenvalue weighted by Crippen LogP contribution is -2.04. The molecule has 0 saturated heterocycles. The van der Waals surface area contributed by atoms with Crippen molar-refractivity contribution in [1.29, 1.82) is 0 Å². The molecule has 0 radical (unpaired) electrons. The Kier molecular flexibility index (Phi) is 3.76. The number of nitrogens with two attached hydrogens (primary N) is 1. The van der Waals surface area contributed by atoms with Gasteiger partial charge in [-0.05, 0) is 12.5 Å². The minimum atomic E-state index is -0.758. The average Bonchev–Trinajstić information content (AvgIpc) is 2.80. The molecule has 0 amide bonds. The molecule has 0 spiro atoms. The third-order valence-electron chi connectivity index (χ3n) is 2.47. The number of anilines is 2. The second-order valence-electron chi connectivity index (χ2n) is 3.78. The maximum atomic E-state index is 13.2. The highest BCUT2D eigenvalue weighted by Crippen LogP contribution is 2.24. The molecule has 6 heteroatoms. The van der Waals surface area contributed by atoms with E-state index in [2.05, 4.69) is 10.3 Å². The van der Waals surface area contributed by atoms with Crippen LogP contribution in [0.15, 0.2) is 18.3 Å². The second-order valence-corrected chi connectivity index (χ2v) is 4.98. The van der Waals surface area contributed by atoms with Gasteiger partial charge in [0.2, 0.25) is 0 Å². The highest BCUT2D eigenvalue weighted by atomic mass is 32.1. The Bertz CT molecular complexity index is 554. The number of aryl methyl sites for hydroxylation is 1. The van der Waals surface area contributed by atoms with E-state index in [-0.39, 0.29) is 11.4 Å². The first-order valence-electron chi connectivity index (χ1n) is 5.52. The summed E-state index contributed by atoms with van der Waals surface area (Å²) < 4.78 is 26.3. The van der Waals surface area contributed by atoms with E-state index in [1.807, 2.05) is 6.92 Å². The summed E-state index contributed by atoms with van der Waals surface area (Å²) in [5.41, 5.74) is 5.70. The fraction of sp³-hybridized carbons (Fsp3) is 0.250. The molecule has 18 heavy (non-hydrogen) atoms. The lowest BCUT2D eigenvalue weighted by molar-refractivity contribution is 0.587. The average molecular weight is 269 g/mol. The standard InChI is InChI=1S/C12H13F2N3S/c1-2-8-5-17-11(18-8)6-16-10-4-7(13)3-9(14)12(10)15/h3-5,16H,2,6,15H2,1H3. The van der Waals surface area contributed by atoms with Crippen molar-refractivity contribution in [3.8, 4) is 0 Å². The fourth-order valence-corrected chi connectivity index (χ4v) is 2.30. The van der Waals surface area contributed by atoms with Crippen LogP contribution in [0.4, 0.5) is 20.2 Å². The van der Waals surface area contributed by atoms with Gasteiger partial charge < -0.3 is 11.1 Å². The molecule has 0 aliphatic carbocycles. The van der Waals surface area contributed by atoms with Crippen LogP contribution in [-0.2, 0) is 13.0 Å². The van der Waals surface area contributed by atoms with E-state index in [0.29, 0.717) is 6.54 Å². The van der Waals surface area contributed by atoms with Gasteiger partial charge in [0.05, 0.1) is 17.9 Å². The first kappa shape index (κ1) is 12.8. The largest absolute Gasteiger partial charge is 0.395 e. The monoisotopic (exact) mass is 269 g/mol. The van der Waals surface area contributed by atoms with Gasteiger partial charge in [-0.3, -0.25) is 0 Å². The summed E-state index contributed by atoms with van der Waals surface area (Å²) in [5, 5.41) is 3.75. The lowest BCUT2D eigenvalue weighted by atomic mass is 10.2. The molecule has 0 fully saturated rings. The lowest BCUT2D eigenvalue weighted by Gasteiger charge is -2.08. The molecule has 2 rings (SSSR count). The van der Waals surface area contributed by atoms with Crippen LogP contribution < -0.4 is 11.1 Å². The van der Waals surface area contributed by atoms with Crippen molar-refractivity contribution in [2.24, 2.45) is 0 Å². The van der Waals surface area contributed by atoms with E-state index >= 15 is 0 Å². The minimum Gasteiger partial charge on any atom is -0.395 e. The number of nitrogens with zero attached hydrogens (tertiary/aromatic N) is 1. The molecule has 0 aliphatic heterocycles. The summed E-state index contributed by atoms with van der Waals surface area (Å²) in [6.07, 6.45) is 2.73. The van der Waals surface area contributed by atoms with Crippen LogP contribution in [0.1, 0.15) is 16.8 Å². The van der Waals surface area contributed by atoms with Crippen molar-refractivity contribution < 1.29 is 8.78 Å². The second kappa shape index (κ2) is 5.30. The van der Waals surface area contributed by atoms with Gasteiger partial charge in [-0.1, -0.05) is 6.92 Å². The van der Waals surface area contributed by atoms with Gasteiger partial charge in [-0.2, -0.15) is 0 Å². The first-order chi connectivity index (χ1) is 8.60. The van der Waals surface area contributed by atoms with Crippen molar-refractivity contribution in [1.82, 2.24) is 4.98 Å². The summed E-state index contributed by atoms with van der Waals surface area (Å²) in [7, 11) is 0. The number of benzene rings is 1. The van der Waals surface area contributed by atoms with Crippen molar-refractivity contribution in [3.05, 3.63) is 39.8 Å². The number of nitrogens with one attached hydrogen (secondary N) is 1. The number of hydrogen-bond donors (Lipinski definition) is 2. The zero-order valence-electron chi connectivity index (χ0n) is 9.84. The Hall–Kier alpha value is -1.69. The number of nitrogen functional groups attached to an aromatic ring is 1. The maximum absolute atomic E-state index is 13.2. The van der Waals surface area contributed by atoms with E-state index in [1.54, 1.807) is 17.5 Å². The molecule has 2 aromatic rings. The summed E-state index contributed by atoms with van der Waals surface area (Å²) in [6.45, 7) is 2.45. The number of thiazole rings is 1. The predicted molar refractivity (Wildman–Crippen MR) is 69.6 cm³/mol. The molecule has 96 valence electrons. The Morgan fingerprint density at radius 2 is 2.17 bits per heavy atom. The van der Waals surface area contributed by atoms with Crippen LogP contribution in [0.2, 0.25) is 0 Å². The zero-order valence-corrected chi connectivity index (χ0v) is 10.7. The van der Waals surface area contributed by atoms with Gasteiger partial charge in [0, 0.05) is 17.1 Å². The highest BCUT2D eigenvalue weighted by Gasteiger charge is 2.08. The van der Waals surface area contributed by atoms with Gasteiger partial charge in [-0.15, -0.1) is 11.3 Å². The Balaban J connectivity index is 2.10. The van der Waals surface area contributed by atoms with E-state index in [9.17, 15) is 8.78 Å². The van der Waals surface area contributed by atoms with Crippen LogP contribution >= 0.6 is 11.3 Å². The quantitative estimate of drug-likeness (QED) is 0.838. The molecule has 1 aromatic heterocycles. The van der Waals surface area contributed by atoms with Crippen molar-refractivity contribution in [2.45, 2.75) is 19.9 Å². The molecule has 0 atom stereocenters. The molecule has 3 N–H and O–H groups in total. The molecule has 0 saturated carbocycles. The zero-order chi connectivity index (χ0) is 13.1. The molecule has 3 nitrogen and oxygen atoms in total. The van der Waals surface area contributed by atoms with Crippen LogP contribution in [-0.4, -0.2) is 4.98 Å². The third kappa shape index (κ3) is 2.76. The number of hydrogen-bond acceptors (Lipinski definition) is 4. The summed E-state index contributed by atoms with van der Waals surface area (Å²) in [6, 6.07) is 1.94. The number of aromatic nitrogens is 1. The number of rotatable bonds is 4. The molecular formula is C12H13F2N3S. The Morgan fingerprint density at radius 3 is 2.83 bits per heavy atom. The number of halogens is 2. The molecular weight excluding hydrogens is 256 g/mol. The molecule has 0 aliphatic rings. The highest BCUT2D eigenvalue weighted by molar-refractivity contribution is 7.11. The van der Waals surface area contributed by atoms with E-state index in [1.165, 1.54) is 10.9 Å². The SMILES string of the molecule is CCc1cnc(CNc2cc(F)cc(F)c2N)s1. The van der Waals surface area contributed by atoms with Crippen molar-refractivity contribution >= 4 is 22.7 Å². The topological polar surface area (TPSA) is 50.9 Å². The normalized spacial score (nSPS) is 10.6. The van der Waals surface area contributed by atoms with Gasteiger partial charge in [0.1, 0.15) is 10.8 Å². The smallest absolute Gasteiger partial charge is 0.151 e. The third-order valence-corrected chi connectivity index (χ3v) is 3.62. The van der Waals surface area contributed by atoms with Gasteiger partial charge in [-0.25, -0.2) is 13.8 Å². The van der Waals surface area contributed by atoms with Gasteiger partial charge >= 0.3 is 0 Å². The molecule has 0 unspecified atom stereocenters. The summed E-state index contributed by atoms with van der Waals surface area (Å²) >= 11 is 1.56. The predicted octanol–water partition coefficient (Wildman–Crippen LogP) is 3.18.